The Bertz CT molecular complexity index is 1470. The van der Waals surface area contributed by atoms with Crippen LogP contribution in [-0.2, 0) is 16.5 Å². The number of aromatic nitrogens is 2. The molecule has 188 valence electrons. The smallest absolute Gasteiger partial charge is 0.313 e. The molecule has 0 atom stereocenters. The van der Waals surface area contributed by atoms with Crippen molar-refractivity contribution in [2.75, 3.05) is 0 Å². The lowest BCUT2D eigenvalue weighted by atomic mass is 9.53. The first kappa shape index (κ1) is 23.1. The van der Waals surface area contributed by atoms with Crippen molar-refractivity contribution in [2.24, 2.45) is 40.9 Å². The van der Waals surface area contributed by atoms with Gasteiger partial charge in [-0.05, 0) is 63.0 Å². The van der Waals surface area contributed by atoms with Crippen molar-refractivity contribution in [3.63, 3.8) is 0 Å². The van der Waals surface area contributed by atoms with Crippen molar-refractivity contribution in [2.45, 2.75) is 44.8 Å². The van der Waals surface area contributed by atoms with E-state index in [0.29, 0.717) is 23.2 Å². The van der Waals surface area contributed by atoms with Gasteiger partial charge in [-0.3, -0.25) is 9.48 Å². The fraction of sp³-hybridized carbons (Fsp3) is 0.444. The number of aliphatic hydroxyl groups excluding tert-OH is 1. The van der Waals surface area contributed by atoms with Crippen LogP contribution in [0.5, 0.6) is 0 Å². The largest absolute Gasteiger partial charge is 0.479 e. The molecule has 7 rings (SSSR count). The molecule has 4 bridgehead atoms. The van der Waals surface area contributed by atoms with Gasteiger partial charge in [0.15, 0.2) is 17.0 Å². The average molecular weight is 499 g/mol. The third-order valence-corrected chi connectivity index (χ3v) is 8.44. The highest BCUT2D eigenvalue weighted by Gasteiger charge is 2.63. The number of para-hydroxylation sites is 1. The Labute approximate surface area is 213 Å². The Kier molecular flexibility index (Phi) is 5.23. The van der Waals surface area contributed by atoms with Crippen molar-refractivity contribution >= 4 is 5.69 Å². The van der Waals surface area contributed by atoms with E-state index in [1.54, 1.807) is 30.8 Å². The van der Waals surface area contributed by atoms with Gasteiger partial charge < -0.3 is 14.6 Å². The molecule has 5 aliphatic rings. The lowest BCUT2D eigenvalue weighted by molar-refractivity contribution is -0.328. The monoisotopic (exact) mass is 498 g/mol. The predicted octanol–water partition coefficient (Wildman–Crippen LogP) is 4.80. The summed E-state index contributed by atoms with van der Waals surface area (Å²) in [6.07, 6.45) is 4.88. The molecule has 4 saturated carbocycles. The Balaban J connectivity index is 1.43. The quantitative estimate of drug-likeness (QED) is 0.477. The van der Waals surface area contributed by atoms with Crippen molar-refractivity contribution in [3.8, 4) is 17.8 Å². The Morgan fingerprint density at radius 3 is 2.24 bits per heavy atom. The number of hydrogen-bond donors (Lipinski definition) is 1. The molecule has 1 aromatic carbocycles. The van der Waals surface area contributed by atoms with Gasteiger partial charge in [-0.25, -0.2) is 4.68 Å². The molecular formula is C27H26N6O4. The Morgan fingerprint density at radius 2 is 1.65 bits per heavy atom. The first-order chi connectivity index (χ1) is 17.9. The number of aliphatic hydroxyl groups is 1. The second kappa shape index (κ2) is 8.38. The molecule has 10 nitrogen and oxygen atoms in total. The number of benzene rings is 1. The minimum Gasteiger partial charge on any atom is -0.479 e. The summed E-state index contributed by atoms with van der Waals surface area (Å²) in [6.45, 7) is 1.73. The van der Waals surface area contributed by atoms with Gasteiger partial charge in [-0.15, -0.1) is 10.2 Å². The van der Waals surface area contributed by atoms with Gasteiger partial charge in [-0.2, -0.15) is 10.5 Å². The first-order valence-corrected chi connectivity index (χ1v) is 12.5. The van der Waals surface area contributed by atoms with E-state index in [4.69, 9.17) is 9.47 Å². The molecule has 1 aliphatic heterocycles. The van der Waals surface area contributed by atoms with E-state index < -0.39 is 17.3 Å². The topological polar surface area (TPSA) is 138 Å². The Morgan fingerprint density at radius 1 is 1.03 bits per heavy atom. The van der Waals surface area contributed by atoms with Gasteiger partial charge in [-0.1, -0.05) is 18.2 Å². The lowest BCUT2D eigenvalue weighted by Gasteiger charge is -2.59. The van der Waals surface area contributed by atoms with Crippen LogP contribution in [0.1, 0.15) is 37.8 Å². The van der Waals surface area contributed by atoms with E-state index in [1.165, 1.54) is 11.1 Å². The summed E-state index contributed by atoms with van der Waals surface area (Å²) in [5.41, 5.74) is 0.244. The zero-order chi connectivity index (χ0) is 25.9. The van der Waals surface area contributed by atoms with Crippen molar-refractivity contribution in [1.82, 2.24) is 9.36 Å². The predicted molar refractivity (Wildman–Crippen MR) is 130 cm³/mol. The summed E-state index contributed by atoms with van der Waals surface area (Å²) in [4.78, 5) is 13.2. The molecule has 0 unspecified atom stereocenters. The van der Waals surface area contributed by atoms with E-state index in [2.05, 4.69) is 10.2 Å². The molecule has 1 spiro atoms. The normalized spacial score (nSPS) is 29.8. The third-order valence-electron chi connectivity index (χ3n) is 8.44. The van der Waals surface area contributed by atoms with Gasteiger partial charge in [0.25, 0.3) is 11.3 Å². The van der Waals surface area contributed by atoms with Crippen LogP contribution in [0.3, 0.4) is 0 Å². The van der Waals surface area contributed by atoms with E-state index in [-0.39, 0.29) is 34.6 Å². The maximum Gasteiger partial charge on any atom is 0.313 e. The maximum atomic E-state index is 13.2. The molecule has 4 aliphatic carbocycles. The van der Waals surface area contributed by atoms with Gasteiger partial charge in [0.05, 0.1) is 11.4 Å². The fourth-order valence-electron chi connectivity index (χ4n) is 6.85. The number of hydrogen-bond acceptors (Lipinski definition) is 8. The summed E-state index contributed by atoms with van der Waals surface area (Å²) in [6, 6.07) is 12.8. The summed E-state index contributed by atoms with van der Waals surface area (Å²) in [5, 5.41) is 38.7. The highest BCUT2D eigenvalue weighted by Crippen LogP contribution is 2.62. The molecule has 1 N–H and O–H groups in total. The average Bonchev–Trinajstić information content (AvgIpc) is 3.10. The van der Waals surface area contributed by atoms with Crippen molar-refractivity contribution in [3.05, 3.63) is 69.4 Å². The summed E-state index contributed by atoms with van der Waals surface area (Å²) >= 11 is 0. The summed E-state index contributed by atoms with van der Waals surface area (Å²) in [7, 11) is 1.73. The molecule has 10 heteroatoms. The number of allylic oxidation sites excluding steroid dienone is 1. The van der Waals surface area contributed by atoms with Gasteiger partial charge >= 0.3 is 5.95 Å². The van der Waals surface area contributed by atoms with E-state index in [1.807, 2.05) is 30.3 Å². The molecule has 37 heavy (non-hydrogen) atoms. The van der Waals surface area contributed by atoms with Gasteiger partial charge in [0.1, 0.15) is 12.1 Å². The first-order valence-electron chi connectivity index (χ1n) is 12.5. The second-order valence-electron chi connectivity index (χ2n) is 10.4. The summed E-state index contributed by atoms with van der Waals surface area (Å²) in [5.74, 6) is -0.509. The molecule has 4 fully saturated rings. The van der Waals surface area contributed by atoms with Crippen LogP contribution in [0, 0.1) is 53.3 Å². The van der Waals surface area contributed by atoms with Gasteiger partial charge in [0.2, 0.25) is 5.70 Å². The van der Waals surface area contributed by atoms with Crippen LogP contribution in [0.2, 0.25) is 0 Å². The number of ether oxygens (including phenoxy) is 2. The fourth-order valence-corrected chi connectivity index (χ4v) is 6.85. The van der Waals surface area contributed by atoms with Gasteiger partial charge in [0, 0.05) is 18.9 Å². The number of nitrogens with zero attached hydrogens (tertiary/aromatic N) is 6. The zero-order valence-corrected chi connectivity index (χ0v) is 20.6. The molecule has 0 saturated heterocycles. The van der Waals surface area contributed by atoms with Crippen LogP contribution in [0.15, 0.2) is 68.3 Å². The maximum absolute atomic E-state index is 13.2. The highest BCUT2D eigenvalue weighted by molar-refractivity contribution is 5.48. The number of azo groups is 1. The molecule has 1 aromatic heterocycles. The number of rotatable bonds is 3. The summed E-state index contributed by atoms with van der Waals surface area (Å²) < 4.78 is 15.6. The molecule has 2 aromatic rings. The molecular weight excluding hydrogens is 472 g/mol. The van der Waals surface area contributed by atoms with E-state index in [9.17, 15) is 20.4 Å². The second-order valence-corrected chi connectivity index (χ2v) is 10.4. The van der Waals surface area contributed by atoms with Crippen LogP contribution in [0.4, 0.5) is 5.69 Å². The van der Waals surface area contributed by atoms with E-state index >= 15 is 0 Å². The van der Waals surface area contributed by atoms with Crippen LogP contribution in [0.25, 0.3) is 5.69 Å². The molecule has 2 heterocycles. The molecule has 0 amide bonds. The lowest BCUT2D eigenvalue weighted by Crippen LogP contribution is -2.61. The minimum absolute atomic E-state index is 0.0486. The number of nitriles is 2. The third kappa shape index (κ3) is 3.40. The molecule has 0 radical (unpaired) electrons. The highest BCUT2D eigenvalue weighted by atomic mass is 16.8. The minimum atomic E-state index is -1.13. The van der Waals surface area contributed by atoms with E-state index in [0.717, 1.165) is 25.7 Å². The van der Waals surface area contributed by atoms with Crippen molar-refractivity contribution in [1.29, 1.82) is 10.5 Å². The zero-order valence-electron chi connectivity index (χ0n) is 20.6. The van der Waals surface area contributed by atoms with Crippen LogP contribution >= 0.6 is 0 Å². The SMILES string of the molecule is Cc1c(/N=N/C2=C(O)OC3(OC2=C(C#N)C#N)C2CC4CC(C2)CC3C4)c(=O)n(-c2ccccc2)n1C. The Hall–Kier alpha value is -4.31. The van der Waals surface area contributed by atoms with Crippen LogP contribution in [-0.4, -0.2) is 20.3 Å². The van der Waals surface area contributed by atoms with Crippen LogP contribution < -0.4 is 5.56 Å². The standard InChI is InChI=1S/C27H26N6O4/c1-15-22(25(34)33(32(15)2)21-6-4-3-5-7-21)30-31-23-24(18(13-28)14-29)36-27(37-26(23)35)19-9-16-8-17(11-19)12-20(27)10-16/h3-7,16-17,19-20,35H,8-12H2,1-2H3/b31-30+. The van der Waals surface area contributed by atoms with Crippen molar-refractivity contribution < 1.29 is 14.6 Å².